The summed E-state index contributed by atoms with van der Waals surface area (Å²) in [5.74, 6) is 0.295. The molecule has 0 radical (unpaired) electrons. The van der Waals surface area contributed by atoms with Gasteiger partial charge in [0.05, 0.1) is 4.90 Å². The molecule has 1 aliphatic rings. The molecule has 0 bridgehead atoms. The third kappa shape index (κ3) is 5.05. The molecule has 1 aromatic rings. The molecule has 1 aliphatic heterocycles. The maximum absolute atomic E-state index is 12.8. The maximum atomic E-state index is 12.8. The lowest BCUT2D eigenvalue weighted by Gasteiger charge is -2.20. The van der Waals surface area contributed by atoms with E-state index in [-0.39, 0.29) is 10.8 Å². The summed E-state index contributed by atoms with van der Waals surface area (Å²) in [6, 6.07) is 6.37. The molecule has 5 nitrogen and oxygen atoms in total. The van der Waals surface area contributed by atoms with Crippen molar-refractivity contribution in [2.45, 2.75) is 50.8 Å². The van der Waals surface area contributed by atoms with Crippen molar-refractivity contribution in [3.8, 4) is 0 Å². The second-order valence-corrected chi connectivity index (χ2v) is 8.72. The van der Waals surface area contributed by atoms with E-state index in [9.17, 15) is 13.2 Å². The van der Waals surface area contributed by atoms with E-state index in [2.05, 4.69) is 19.2 Å². The molecule has 6 heteroatoms. The Hall–Kier alpha value is -1.40. The molecule has 1 aromatic carbocycles. The molecule has 0 atom stereocenters. The first kappa shape index (κ1) is 18.9. The Morgan fingerprint density at radius 3 is 2.46 bits per heavy atom. The van der Waals surface area contributed by atoms with Gasteiger partial charge in [-0.25, -0.2) is 8.42 Å². The summed E-state index contributed by atoms with van der Waals surface area (Å²) in [5, 5.41) is 2.85. The fraction of sp³-hybridized carbons (Fsp3) is 0.611. The third-order valence-corrected chi connectivity index (χ3v) is 6.20. The summed E-state index contributed by atoms with van der Waals surface area (Å²) >= 11 is 0. The van der Waals surface area contributed by atoms with Crippen molar-refractivity contribution in [1.82, 2.24) is 9.62 Å². The van der Waals surface area contributed by atoms with Crippen LogP contribution in [0.15, 0.2) is 29.2 Å². The van der Waals surface area contributed by atoms with Crippen LogP contribution in [0.3, 0.4) is 0 Å². The molecule has 2 rings (SSSR count). The fourth-order valence-corrected chi connectivity index (χ4v) is 4.37. The zero-order valence-corrected chi connectivity index (χ0v) is 15.4. The standard InChI is InChI=1S/C18H28N2O3S/c1-15(2)10-11-19-18(21)16-8-7-9-17(14-16)24(22,23)20-12-5-3-4-6-13-20/h7-9,14-15H,3-6,10-13H2,1-2H3,(H,19,21). The lowest BCUT2D eigenvalue weighted by atomic mass is 10.1. The summed E-state index contributed by atoms with van der Waals surface area (Å²) in [5.41, 5.74) is 0.398. The minimum atomic E-state index is -3.52. The molecular formula is C18H28N2O3S. The molecule has 1 saturated heterocycles. The van der Waals surface area contributed by atoms with Gasteiger partial charge in [0.25, 0.3) is 5.91 Å². The lowest BCUT2D eigenvalue weighted by Crippen LogP contribution is -2.32. The van der Waals surface area contributed by atoms with Gasteiger partial charge in [-0.15, -0.1) is 0 Å². The molecule has 24 heavy (non-hydrogen) atoms. The van der Waals surface area contributed by atoms with Crippen LogP contribution in [0.4, 0.5) is 0 Å². The second kappa shape index (κ2) is 8.62. The average Bonchev–Trinajstić information content (AvgIpc) is 2.84. The summed E-state index contributed by atoms with van der Waals surface area (Å²) in [6.45, 7) is 5.92. The zero-order chi connectivity index (χ0) is 17.6. The first-order chi connectivity index (χ1) is 11.4. The van der Waals surface area contributed by atoms with E-state index < -0.39 is 10.0 Å². The quantitative estimate of drug-likeness (QED) is 0.856. The van der Waals surface area contributed by atoms with E-state index in [1.807, 2.05) is 0 Å². The molecule has 1 fully saturated rings. The number of rotatable bonds is 6. The predicted octanol–water partition coefficient (Wildman–Crippen LogP) is 3.03. The highest BCUT2D eigenvalue weighted by atomic mass is 32.2. The highest BCUT2D eigenvalue weighted by Crippen LogP contribution is 2.21. The molecule has 1 amide bonds. The molecule has 134 valence electrons. The number of hydrogen-bond donors (Lipinski definition) is 1. The van der Waals surface area contributed by atoms with Gasteiger partial charge in [0.15, 0.2) is 0 Å². The lowest BCUT2D eigenvalue weighted by molar-refractivity contribution is 0.0952. The zero-order valence-electron chi connectivity index (χ0n) is 14.6. The van der Waals surface area contributed by atoms with Crippen molar-refractivity contribution in [3.05, 3.63) is 29.8 Å². The van der Waals surface area contributed by atoms with E-state index in [1.165, 1.54) is 6.07 Å². The predicted molar refractivity (Wildman–Crippen MR) is 95.5 cm³/mol. The van der Waals surface area contributed by atoms with Crippen LogP contribution in [-0.2, 0) is 10.0 Å². The molecule has 0 spiro atoms. The van der Waals surface area contributed by atoms with Crippen LogP contribution in [0, 0.1) is 5.92 Å². The molecule has 0 saturated carbocycles. The van der Waals surface area contributed by atoms with Gasteiger partial charge in [-0.1, -0.05) is 32.8 Å². The van der Waals surface area contributed by atoms with Gasteiger partial charge in [-0.05, 0) is 43.4 Å². The fourth-order valence-electron chi connectivity index (χ4n) is 2.81. The number of sulfonamides is 1. The van der Waals surface area contributed by atoms with E-state index in [0.717, 1.165) is 32.1 Å². The van der Waals surface area contributed by atoms with Gasteiger partial charge < -0.3 is 5.32 Å². The highest BCUT2D eigenvalue weighted by Gasteiger charge is 2.25. The van der Waals surface area contributed by atoms with Gasteiger partial charge in [0, 0.05) is 25.2 Å². The second-order valence-electron chi connectivity index (χ2n) is 6.78. The topological polar surface area (TPSA) is 66.5 Å². The Bertz CT molecular complexity index is 648. The van der Waals surface area contributed by atoms with Crippen molar-refractivity contribution in [3.63, 3.8) is 0 Å². The molecule has 1 heterocycles. The Labute approximate surface area is 145 Å². The maximum Gasteiger partial charge on any atom is 0.251 e. The highest BCUT2D eigenvalue weighted by molar-refractivity contribution is 7.89. The minimum Gasteiger partial charge on any atom is -0.352 e. The summed E-state index contributed by atoms with van der Waals surface area (Å²) in [4.78, 5) is 12.4. The normalized spacial score (nSPS) is 16.8. The van der Waals surface area contributed by atoms with Gasteiger partial charge in [0.1, 0.15) is 0 Å². The molecule has 0 aromatic heterocycles. The first-order valence-corrected chi connectivity index (χ1v) is 10.2. The minimum absolute atomic E-state index is 0.209. The Balaban J connectivity index is 2.12. The van der Waals surface area contributed by atoms with Crippen molar-refractivity contribution in [2.75, 3.05) is 19.6 Å². The summed E-state index contributed by atoms with van der Waals surface area (Å²) in [7, 11) is -3.52. The Kier molecular flexibility index (Phi) is 6.80. The Morgan fingerprint density at radius 2 is 1.83 bits per heavy atom. The first-order valence-electron chi connectivity index (χ1n) is 8.79. The van der Waals surface area contributed by atoms with E-state index in [0.29, 0.717) is 31.1 Å². The molecule has 1 N–H and O–H groups in total. The van der Waals surface area contributed by atoms with Crippen molar-refractivity contribution in [2.24, 2.45) is 5.92 Å². The van der Waals surface area contributed by atoms with Crippen LogP contribution < -0.4 is 5.32 Å². The van der Waals surface area contributed by atoms with Crippen LogP contribution in [0.5, 0.6) is 0 Å². The van der Waals surface area contributed by atoms with Gasteiger partial charge in [-0.3, -0.25) is 4.79 Å². The average molecular weight is 353 g/mol. The third-order valence-electron chi connectivity index (χ3n) is 4.31. The molecular weight excluding hydrogens is 324 g/mol. The number of carbonyl (C=O) groups excluding carboxylic acids is 1. The van der Waals surface area contributed by atoms with Gasteiger partial charge in [-0.2, -0.15) is 4.31 Å². The van der Waals surface area contributed by atoms with Crippen LogP contribution in [0.1, 0.15) is 56.3 Å². The van der Waals surface area contributed by atoms with Crippen LogP contribution >= 0.6 is 0 Å². The van der Waals surface area contributed by atoms with Crippen LogP contribution in [-0.4, -0.2) is 38.3 Å². The smallest absolute Gasteiger partial charge is 0.251 e. The van der Waals surface area contributed by atoms with Crippen molar-refractivity contribution in [1.29, 1.82) is 0 Å². The van der Waals surface area contributed by atoms with E-state index in [1.54, 1.807) is 22.5 Å². The van der Waals surface area contributed by atoms with Crippen molar-refractivity contribution >= 4 is 15.9 Å². The largest absolute Gasteiger partial charge is 0.352 e. The van der Waals surface area contributed by atoms with Crippen LogP contribution in [0.25, 0.3) is 0 Å². The van der Waals surface area contributed by atoms with Gasteiger partial charge >= 0.3 is 0 Å². The number of amides is 1. The van der Waals surface area contributed by atoms with E-state index in [4.69, 9.17) is 0 Å². The summed E-state index contributed by atoms with van der Waals surface area (Å²) in [6.07, 6.45) is 4.84. The number of benzene rings is 1. The molecule has 0 unspecified atom stereocenters. The van der Waals surface area contributed by atoms with Crippen molar-refractivity contribution < 1.29 is 13.2 Å². The summed E-state index contributed by atoms with van der Waals surface area (Å²) < 4.78 is 27.2. The van der Waals surface area contributed by atoms with Crippen LogP contribution in [0.2, 0.25) is 0 Å². The number of nitrogens with one attached hydrogen (secondary N) is 1. The number of hydrogen-bond acceptors (Lipinski definition) is 3. The number of nitrogens with zero attached hydrogens (tertiary/aromatic N) is 1. The number of carbonyl (C=O) groups is 1. The van der Waals surface area contributed by atoms with Gasteiger partial charge in [0.2, 0.25) is 10.0 Å². The Morgan fingerprint density at radius 1 is 1.17 bits per heavy atom. The molecule has 0 aliphatic carbocycles. The monoisotopic (exact) mass is 352 g/mol. The SMILES string of the molecule is CC(C)CCNC(=O)c1cccc(S(=O)(=O)N2CCCCCC2)c1. The van der Waals surface area contributed by atoms with E-state index >= 15 is 0 Å².